The maximum Gasteiger partial charge on any atom is 0.226 e. The fourth-order valence-electron chi connectivity index (χ4n) is 2.66. The topological polar surface area (TPSA) is 98.7 Å². The van der Waals surface area contributed by atoms with Gasteiger partial charge < -0.3 is 9.84 Å². The normalized spacial score (nSPS) is 11.1. The number of aryl methyl sites for hydroxylation is 1. The zero-order chi connectivity index (χ0) is 19.1. The van der Waals surface area contributed by atoms with Crippen molar-refractivity contribution in [1.29, 1.82) is 0 Å². The standard InChI is InChI=1S/C19H24N6O2/c1-14(2)19-23-18(27-24-19)9-5-8-17(26)21-10-15-6-3-4-7-16(15)11-25-13-20-12-22-25/h3-4,6-7,12-14H,5,8-11H2,1-2H3,(H,21,26). The first-order valence-electron chi connectivity index (χ1n) is 9.10. The second kappa shape index (κ2) is 9.07. The summed E-state index contributed by atoms with van der Waals surface area (Å²) >= 11 is 0. The van der Waals surface area contributed by atoms with Crippen LogP contribution in [0.25, 0.3) is 0 Å². The van der Waals surface area contributed by atoms with Gasteiger partial charge in [0.25, 0.3) is 0 Å². The SMILES string of the molecule is CC(C)c1noc(CCCC(=O)NCc2ccccc2Cn2cncn2)n1. The molecule has 0 fully saturated rings. The third-order valence-corrected chi connectivity index (χ3v) is 4.19. The molecule has 2 heterocycles. The molecule has 142 valence electrons. The van der Waals surface area contributed by atoms with E-state index in [1.807, 2.05) is 38.1 Å². The van der Waals surface area contributed by atoms with E-state index in [0.717, 1.165) is 11.1 Å². The highest BCUT2D eigenvalue weighted by Gasteiger charge is 2.11. The van der Waals surface area contributed by atoms with E-state index >= 15 is 0 Å². The van der Waals surface area contributed by atoms with Crippen molar-refractivity contribution in [3.8, 4) is 0 Å². The number of carbonyl (C=O) groups excluding carboxylic acids is 1. The molecule has 1 amide bonds. The molecule has 0 bridgehead atoms. The molecule has 0 aliphatic heterocycles. The Morgan fingerprint density at radius 3 is 2.78 bits per heavy atom. The van der Waals surface area contributed by atoms with Crippen molar-refractivity contribution in [3.05, 3.63) is 59.8 Å². The van der Waals surface area contributed by atoms with Crippen LogP contribution < -0.4 is 5.32 Å². The Kier molecular flexibility index (Phi) is 6.30. The summed E-state index contributed by atoms with van der Waals surface area (Å²) in [6, 6.07) is 7.99. The monoisotopic (exact) mass is 368 g/mol. The highest BCUT2D eigenvalue weighted by Crippen LogP contribution is 2.12. The van der Waals surface area contributed by atoms with Gasteiger partial charge in [-0.2, -0.15) is 10.1 Å². The van der Waals surface area contributed by atoms with E-state index in [4.69, 9.17) is 4.52 Å². The Labute approximate surface area is 158 Å². The highest BCUT2D eigenvalue weighted by atomic mass is 16.5. The van der Waals surface area contributed by atoms with Crippen LogP contribution in [0.2, 0.25) is 0 Å². The van der Waals surface area contributed by atoms with Crippen molar-refractivity contribution in [2.75, 3.05) is 0 Å². The van der Waals surface area contributed by atoms with Crippen LogP contribution in [0.1, 0.15) is 55.4 Å². The van der Waals surface area contributed by atoms with Crippen molar-refractivity contribution < 1.29 is 9.32 Å². The first-order valence-corrected chi connectivity index (χ1v) is 9.10. The van der Waals surface area contributed by atoms with E-state index in [0.29, 0.717) is 44.1 Å². The minimum Gasteiger partial charge on any atom is -0.352 e. The molecule has 1 N–H and O–H groups in total. The van der Waals surface area contributed by atoms with Crippen molar-refractivity contribution >= 4 is 5.91 Å². The van der Waals surface area contributed by atoms with Crippen molar-refractivity contribution in [3.63, 3.8) is 0 Å². The molecule has 0 aliphatic carbocycles. The van der Waals surface area contributed by atoms with Gasteiger partial charge in [-0.25, -0.2) is 9.67 Å². The summed E-state index contributed by atoms with van der Waals surface area (Å²) in [7, 11) is 0. The molecule has 0 atom stereocenters. The number of nitrogens with zero attached hydrogens (tertiary/aromatic N) is 5. The van der Waals surface area contributed by atoms with Crippen molar-refractivity contribution in [2.24, 2.45) is 0 Å². The van der Waals surface area contributed by atoms with Gasteiger partial charge in [0.1, 0.15) is 12.7 Å². The molecule has 0 radical (unpaired) electrons. The molecule has 0 saturated carbocycles. The van der Waals surface area contributed by atoms with E-state index in [1.165, 1.54) is 6.33 Å². The number of amides is 1. The highest BCUT2D eigenvalue weighted by molar-refractivity contribution is 5.75. The fraction of sp³-hybridized carbons (Fsp3) is 0.421. The lowest BCUT2D eigenvalue weighted by Gasteiger charge is -2.10. The molecular formula is C19H24N6O2. The molecule has 2 aromatic heterocycles. The number of carbonyl (C=O) groups is 1. The Morgan fingerprint density at radius 2 is 2.07 bits per heavy atom. The van der Waals surface area contributed by atoms with Crippen LogP contribution in [0.15, 0.2) is 41.4 Å². The number of hydrogen-bond donors (Lipinski definition) is 1. The smallest absolute Gasteiger partial charge is 0.226 e. The summed E-state index contributed by atoms with van der Waals surface area (Å²) in [5, 5.41) is 11.0. The molecule has 0 saturated heterocycles. The van der Waals surface area contributed by atoms with Gasteiger partial charge in [-0.1, -0.05) is 43.3 Å². The fourth-order valence-corrected chi connectivity index (χ4v) is 2.66. The summed E-state index contributed by atoms with van der Waals surface area (Å²) < 4.78 is 6.96. The predicted octanol–water partition coefficient (Wildman–Crippen LogP) is 2.47. The molecule has 3 aromatic rings. The molecule has 8 nitrogen and oxygen atoms in total. The zero-order valence-corrected chi connectivity index (χ0v) is 15.6. The zero-order valence-electron chi connectivity index (χ0n) is 15.6. The third-order valence-electron chi connectivity index (χ3n) is 4.19. The van der Waals surface area contributed by atoms with E-state index in [-0.39, 0.29) is 11.8 Å². The molecule has 3 rings (SSSR count). The van der Waals surface area contributed by atoms with Crippen LogP contribution in [-0.2, 0) is 24.3 Å². The lowest BCUT2D eigenvalue weighted by Crippen LogP contribution is -2.23. The maximum absolute atomic E-state index is 12.1. The van der Waals surface area contributed by atoms with E-state index in [1.54, 1.807) is 11.0 Å². The first kappa shape index (κ1) is 18.8. The number of rotatable bonds is 9. The minimum absolute atomic E-state index is 0.00848. The van der Waals surface area contributed by atoms with E-state index < -0.39 is 0 Å². The molecule has 8 heteroatoms. The maximum atomic E-state index is 12.1. The van der Waals surface area contributed by atoms with Gasteiger partial charge in [-0.05, 0) is 17.5 Å². The van der Waals surface area contributed by atoms with Gasteiger partial charge in [0.2, 0.25) is 11.8 Å². The Bertz CT molecular complexity index is 857. The summed E-state index contributed by atoms with van der Waals surface area (Å²) in [6.07, 6.45) is 4.89. The molecule has 0 spiro atoms. The Balaban J connectivity index is 1.45. The van der Waals surface area contributed by atoms with Gasteiger partial charge >= 0.3 is 0 Å². The number of nitrogens with one attached hydrogen (secondary N) is 1. The summed E-state index contributed by atoms with van der Waals surface area (Å²) in [6.45, 7) is 5.15. The van der Waals surface area contributed by atoms with Crippen LogP contribution in [0.5, 0.6) is 0 Å². The number of hydrogen-bond acceptors (Lipinski definition) is 6. The largest absolute Gasteiger partial charge is 0.352 e. The summed E-state index contributed by atoms with van der Waals surface area (Å²) in [5.74, 6) is 1.54. The number of benzene rings is 1. The van der Waals surface area contributed by atoms with Gasteiger partial charge in [0.05, 0.1) is 6.54 Å². The molecule has 0 aliphatic rings. The van der Waals surface area contributed by atoms with E-state index in [9.17, 15) is 4.79 Å². The molecule has 27 heavy (non-hydrogen) atoms. The predicted molar refractivity (Wildman–Crippen MR) is 98.7 cm³/mol. The number of aromatic nitrogens is 5. The van der Waals surface area contributed by atoms with Crippen LogP contribution >= 0.6 is 0 Å². The second-order valence-electron chi connectivity index (χ2n) is 6.69. The lowest BCUT2D eigenvalue weighted by atomic mass is 10.1. The van der Waals surface area contributed by atoms with Crippen molar-refractivity contribution in [1.82, 2.24) is 30.2 Å². The van der Waals surface area contributed by atoms with Crippen LogP contribution in [0.3, 0.4) is 0 Å². The van der Waals surface area contributed by atoms with Crippen LogP contribution in [0, 0.1) is 0 Å². The Morgan fingerprint density at radius 1 is 1.26 bits per heavy atom. The van der Waals surface area contributed by atoms with Gasteiger partial charge in [-0.15, -0.1) is 0 Å². The Hall–Kier alpha value is -3.03. The molecular weight excluding hydrogens is 344 g/mol. The van der Waals surface area contributed by atoms with Gasteiger partial charge in [-0.3, -0.25) is 4.79 Å². The quantitative estimate of drug-likeness (QED) is 0.623. The minimum atomic E-state index is 0.00848. The van der Waals surface area contributed by atoms with Crippen molar-refractivity contribution in [2.45, 2.75) is 52.1 Å². The third kappa shape index (κ3) is 5.47. The lowest BCUT2D eigenvalue weighted by molar-refractivity contribution is -0.121. The summed E-state index contributed by atoms with van der Waals surface area (Å²) in [5.41, 5.74) is 2.18. The first-order chi connectivity index (χ1) is 13.1. The average Bonchev–Trinajstić information content (AvgIpc) is 3.33. The van der Waals surface area contributed by atoms with Gasteiger partial charge in [0.15, 0.2) is 5.82 Å². The second-order valence-corrected chi connectivity index (χ2v) is 6.69. The molecule has 0 unspecified atom stereocenters. The average molecular weight is 368 g/mol. The van der Waals surface area contributed by atoms with Gasteiger partial charge in [0, 0.05) is 25.3 Å². The van der Waals surface area contributed by atoms with Crippen LogP contribution in [0.4, 0.5) is 0 Å². The van der Waals surface area contributed by atoms with E-state index in [2.05, 4.69) is 25.5 Å². The summed E-state index contributed by atoms with van der Waals surface area (Å²) in [4.78, 5) is 20.4. The van der Waals surface area contributed by atoms with Crippen LogP contribution in [-0.4, -0.2) is 30.8 Å². The molecule has 1 aromatic carbocycles.